The summed E-state index contributed by atoms with van der Waals surface area (Å²) in [7, 11) is -4.27. The minimum absolute atomic E-state index is 0.00961. The Kier molecular flexibility index (Phi) is 11.7. The molecule has 0 unspecified atom stereocenters. The maximum Gasteiger partial charge on any atom is 0.264 e. The Morgan fingerprint density at radius 3 is 2.11 bits per heavy atom. The zero-order chi connectivity index (χ0) is 32.6. The molecule has 45 heavy (non-hydrogen) atoms. The van der Waals surface area contributed by atoms with Crippen molar-refractivity contribution >= 4 is 50.7 Å². The molecule has 0 aliphatic carbocycles. The van der Waals surface area contributed by atoms with Crippen molar-refractivity contribution in [2.45, 2.75) is 57.1 Å². The molecule has 10 heteroatoms. The molecule has 0 saturated carbocycles. The van der Waals surface area contributed by atoms with Crippen molar-refractivity contribution in [3.05, 3.63) is 130 Å². The van der Waals surface area contributed by atoms with E-state index in [2.05, 4.69) is 5.32 Å². The molecule has 4 rings (SSSR count). The number of anilines is 1. The van der Waals surface area contributed by atoms with Gasteiger partial charge in [0.1, 0.15) is 12.6 Å². The SMILES string of the molecule is CC[C@@H](C)NC(=O)[C@H](Cc1ccccc1)N(Cc1ccccc1C)C(=O)CN(c1ccc(Cl)cc1Cl)S(=O)(=O)c1ccccc1. The van der Waals surface area contributed by atoms with Gasteiger partial charge in [-0.05, 0) is 67.3 Å². The Balaban J connectivity index is 1.83. The molecule has 0 spiro atoms. The Labute approximate surface area is 275 Å². The minimum Gasteiger partial charge on any atom is -0.352 e. The fourth-order valence-corrected chi connectivity index (χ4v) is 6.90. The summed E-state index contributed by atoms with van der Waals surface area (Å²) in [5.74, 6) is -0.888. The van der Waals surface area contributed by atoms with E-state index in [0.29, 0.717) is 11.4 Å². The van der Waals surface area contributed by atoms with Gasteiger partial charge in [0.2, 0.25) is 11.8 Å². The van der Waals surface area contributed by atoms with Gasteiger partial charge in [-0.2, -0.15) is 0 Å². The smallest absolute Gasteiger partial charge is 0.264 e. The fraction of sp³-hybridized carbons (Fsp3) is 0.257. The molecule has 2 atom stereocenters. The van der Waals surface area contributed by atoms with Crippen LogP contribution in [0.25, 0.3) is 0 Å². The Bertz CT molecular complexity index is 1720. The summed E-state index contributed by atoms with van der Waals surface area (Å²) in [5.41, 5.74) is 2.73. The quantitative estimate of drug-likeness (QED) is 0.166. The van der Waals surface area contributed by atoms with Crippen LogP contribution < -0.4 is 9.62 Å². The monoisotopic (exact) mass is 665 g/mol. The van der Waals surface area contributed by atoms with E-state index in [0.717, 1.165) is 21.0 Å². The van der Waals surface area contributed by atoms with Crippen LogP contribution in [-0.4, -0.2) is 43.8 Å². The zero-order valence-corrected chi connectivity index (χ0v) is 27.8. The molecular formula is C35H37Cl2N3O4S. The predicted octanol–water partition coefficient (Wildman–Crippen LogP) is 7.05. The van der Waals surface area contributed by atoms with E-state index < -0.39 is 28.5 Å². The number of nitrogens with zero attached hydrogens (tertiary/aromatic N) is 2. The highest BCUT2D eigenvalue weighted by Crippen LogP contribution is 2.33. The first-order chi connectivity index (χ1) is 21.5. The standard InChI is InChI=1S/C35H37Cl2N3O4S/c1-4-26(3)38-35(42)33(21-27-14-7-5-8-15-27)39(23-28-16-12-11-13-25(28)2)34(41)24-40(32-20-19-29(36)22-31(32)37)45(43,44)30-17-9-6-10-18-30/h5-20,22,26,33H,4,21,23-24H2,1-3H3,(H,38,42)/t26-,33+/m1/s1. The van der Waals surface area contributed by atoms with Crippen LogP contribution in [0.3, 0.4) is 0 Å². The molecule has 4 aromatic carbocycles. The molecule has 0 bridgehead atoms. The van der Waals surface area contributed by atoms with E-state index in [4.69, 9.17) is 23.2 Å². The zero-order valence-electron chi connectivity index (χ0n) is 25.5. The predicted molar refractivity (Wildman–Crippen MR) is 181 cm³/mol. The highest BCUT2D eigenvalue weighted by molar-refractivity contribution is 7.92. The number of hydrogen-bond acceptors (Lipinski definition) is 4. The molecule has 2 amide bonds. The van der Waals surface area contributed by atoms with Crippen LogP contribution in [-0.2, 0) is 32.6 Å². The number of sulfonamides is 1. The van der Waals surface area contributed by atoms with Crippen molar-refractivity contribution in [2.24, 2.45) is 0 Å². The van der Waals surface area contributed by atoms with Crippen LogP contribution in [0.4, 0.5) is 5.69 Å². The van der Waals surface area contributed by atoms with Crippen molar-refractivity contribution in [3.8, 4) is 0 Å². The van der Waals surface area contributed by atoms with Crippen LogP contribution >= 0.6 is 23.2 Å². The third-order valence-electron chi connectivity index (χ3n) is 7.66. The summed E-state index contributed by atoms with van der Waals surface area (Å²) in [4.78, 5) is 30.0. The van der Waals surface area contributed by atoms with E-state index >= 15 is 0 Å². The summed E-state index contributed by atoms with van der Waals surface area (Å²) < 4.78 is 29.2. The topological polar surface area (TPSA) is 86.8 Å². The largest absolute Gasteiger partial charge is 0.352 e. The van der Waals surface area contributed by atoms with Crippen LogP contribution in [0.2, 0.25) is 10.0 Å². The van der Waals surface area contributed by atoms with E-state index in [9.17, 15) is 18.0 Å². The molecule has 7 nitrogen and oxygen atoms in total. The van der Waals surface area contributed by atoms with E-state index in [1.165, 1.54) is 35.2 Å². The van der Waals surface area contributed by atoms with E-state index in [1.54, 1.807) is 18.2 Å². The third kappa shape index (κ3) is 8.66. The highest BCUT2D eigenvalue weighted by atomic mass is 35.5. The molecular weight excluding hydrogens is 629 g/mol. The molecule has 0 radical (unpaired) electrons. The van der Waals surface area contributed by atoms with Crippen molar-refractivity contribution < 1.29 is 18.0 Å². The van der Waals surface area contributed by atoms with Gasteiger partial charge < -0.3 is 10.2 Å². The third-order valence-corrected chi connectivity index (χ3v) is 9.97. The summed E-state index contributed by atoms with van der Waals surface area (Å²) in [6, 6.07) is 28.2. The molecule has 0 saturated heterocycles. The highest BCUT2D eigenvalue weighted by Gasteiger charge is 2.35. The molecule has 236 valence electrons. The van der Waals surface area contributed by atoms with Crippen LogP contribution in [0.5, 0.6) is 0 Å². The van der Waals surface area contributed by atoms with Gasteiger partial charge in [-0.3, -0.25) is 13.9 Å². The summed E-state index contributed by atoms with van der Waals surface area (Å²) >= 11 is 12.7. The van der Waals surface area contributed by atoms with Gasteiger partial charge in [0, 0.05) is 24.0 Å². The minimum atomic E-state index is -4.27. The van der Waals surface area contributed by atoms with Gasteiger partial charge in [0.15, 0.2) is 0 Å². The molecule has 4 aromatic rings. The van der Waals surface area contributed by atoms with Gasteiger partial charge in [-0.15, -0.1) is 0 Å². The lowest BCUT2D eigenvalue weighted by Crippen LogP contribution is -2.54. The molecule has 0 aliphatic heterocycles. The van der Waals surface area contributed by atoms with Gasteiger partial charge in [0.25, 0.3) is 10.0 Å². The summed E-state index contributed by atoms with van der Waals surface area (Å²) in [6.45, 7) is 5.29. The molecule has 0 aliphatic rings. The number of hydrogen-bond donors (Lipinski definition) is 1. The van der Waals surface area contributed by atoms with Crippen LogP contribution in [0, 0.1) is 6.92 Å². The fourth-order valence-electron chi connectivity index (χ4n) is 4.88. The van der Waals surface area contributed by atoms with Crippen molar-refractivity contribution in [1.29, 1.82) is 0 Å². The number of rotatable bonds is 13. The number of benzene rings is 4. The number of amides is 2. The van der Waals surface area contributed by atoms with Crippen molar-refractivity contribution in [3.63, 3.8) is 0 Å². The number of halogens is 2. The first-order valence-electron chi connectivity index (χ1n) is 14.7. The lowest BCUT2D eigenvalue weighted by Gasteiger charge is -2.34. The average molecular weight is 667 g/mol. The maximum absolute atomic E-state index is 14.6. The average Bonchev–Trinajstić information content (AvgIpc) is 3.03. The normalized spacial score (nSPS) is 12.6. The first kappa shape index (κ1) is 34.0. The lowest BCUT2D eigenvalue weighted by molar-refractivity contribution is -0.140. The Hall–Kier alpha value is -3.85. The number of aryl methyl sites for hydroxylation is 1. The molecule has 1 N–H and O–H groups in total. The van der Waals surface area contributed by atoms with Gasteiger partial charge >= 0.3 is 0 Å². The number of carbonyl (C=O) groups is 2. The second-order valence-electron chi connectivity index (χ2n) is 10.9. The first-order valence-corrected chi connectivity index (χ1v) is 16.9. The van der Waals surface area contributed by atoms with E-state index in [1.807, 2.05) is 75.4 Å². The van der Waals surface area contributed by atoms with Crippen molar-refractivity contribution in [1.82, 2.24) is 10.2 Å². The molecule has 0 fully saturated rings. The lowest BCUT2D eigenvalue weighted by atomic mass is 10.0. The second-order valence-corrected chi connectivity index (χ2v) is 13.6. The van der Waals surface area contributed by atoms with Crippen LogP contribution in [0.15, 0.2) is 108 Å². The Morgan fingerprint density at radius 1 is 0.867 bits per heavy atom. The van der Waals surface area contributed by atoms with Gasteiger partial charge in [-0.1, -0.05) is 103 Å². The van der Waals surface area contributed by atoms with Crippen molar-refractivity contribution in [2.75, 3.05) is 10.8 Å². The summed E-state index contributed by atoms with van der Waals surface area (Å²) in [5, 5.41) is 3.42. The maximum atomic E-state index is 14.6. The second kappa shape index (κ2) is 15.4. The molecule has 0 aromatic heterocycles. The Morgan fingerprint density at radius 2 is 1.49 bits per heavy atom. The summed E-state index contributed by atoms with van der Waals surface area (Å²) in [6.07, 6.45) is 0.932. The number of nitrogens with one attached hydrogen (secondary N) is 1. The van der Waals surface area contributed by atoms with Crippen LogP contribution in [0.1, 0.15) is 37.0 Å². The number of carbonyl (C=O) groups excluding carboxylic acids is 2. The van der Waals surface area contributed by atoms with E-state index in [-0.39, 0.29) is 40.5 Å². The van der Waals surface area contributed by atoms with Gasteiger partial charge in [-0.25, -0.2) is 8.42 Å². The molecule has 0 heterocycles. The van der Waals surface area contributed by atoms with Gasteiger partial charge in [0.05, 0.1) is 15.6 Å².